The average molecular weight is 440 g/mol. The van der Waals surface area contributed by atoms with E-state index in [-0.39, 0.29) is 26.1 Å². The van der Waals surface area contributed by atoms with Gasteiger partial charge in [0.2, 0.25) is 0 Å². The van der Waals surface area contributed by atoms with Gasteiger partial charge in [-0.3, -0.25) is 18.6 Å². The van der Waals surface area contributed by atoms with Crippen LogP contribution in [-0.4, -0.2) is 74.9 Å². The van der Waals surface area contributed by atoms with Crippen LogP contribution >= 0.6 is 7.82 Å². The number of hydrogen-bond acceptors (Lipinski definition) is 7. The van der Waals surface area contributed by atoms with Gasteiger partial charge < -0.3 is 18.9 Å². The molecule has 0 saturated carbocycles. The number of quaternary nitrogens is 1. The van der Waals surface area contributed by atoms with E-state index in [4.69, 9.17) is 18.5 Å². The number of phosphoric acid groups is 1. The van der Waals surface area contributed by atoms with Gasteiger partial charge in [0.1, 0.15) is 19.8 Å². The van der Waals surface area contributed by atoms with Crippen LogP contribution in [0, 0.1) is 0 Å². The lowest BCUT2D eigenvalue weighted by molar-refractivity contribution is -0.870. The topological polar surface area (TPSA) is 108 Å². The Labute approximate surface area is 174 Å². The number of rotatable bonds is 17. The van der Waals surface area contributed by atoms with Gasteiger partial charge in [-0.05, 0) is 12.8 Å². The fourth-order valence-corrected chi connectivity index (χ4v) is 2.85. The molecule has 10 heteroatoms. The van der Waals surface area contributed by atoms with Crippen LogP contribution in [0.3, 0.4) is 0 Å². The molecular weight excluding hydrogens is 401 g/mol. The van der Waals surface area contributed by atoms with E-state index in [1.54, 1.807) is 0 Å². The van der Waals surface area contributed by atoms with Crippen molar-refractivity contribution in [3.05, 3.63) is 0 Å². The summed E-state index contributed by atoms with van der Waals surface area (Å²) in [5.74, 6) is -0.874. The Balaban J connectivity index is 4.60. The molecule has 0 fully saturated rings. The number of unbranched alkanes of at least 4 members (excludes halogenated alkanes) is 3. The molecule has 0 rings (SSSR count). The summed E-state index contributed by atoms with van der Waals surface area (Å²) in [5, 5.41) is 0. The van der Waals surface area contributed by atoms with Gasteiger partial charge in [0.15, 0.2) is 6.10 Å². The van der Waals surface area contributed by atoms with Crippen molar-refractivity contribution in [2.24, 2.45) is 0 Å². The standard InChI is InChI=1S/C19H38NO8P/c1-6-8-10-12-18(21)25-15-17(28-19(22)11-9-7-2)16-27-29(23,24)26-14-13-20(3,4)5/h17H,6-16H2,1-5H3/p+1/t17-/m1/s1. The van der Waals surface area contributed by atoms with Gasteiger partial charge in [-0.2, -0.15) is 0 Å². The molecule has 9 nitrogen and oxygen atoms in total. The van der Waals surface area contributed by atoms with Crippen molar-refractivity contribution in [3.63, 3.8) is 0 Å². The zero-order valence-corrected chi connectivity index (χ0v) is 19.4. The van der Waals surface area contributed by atoms with E-state index < -0.39 is 32.5 Å². The number of nitrogens with zero attached hydrogens (tertiary/aromatic N) is 1. The summed E-state index contributed by atoms with van der Waals surface area (Å²) in [6.45, 7) is 3.88. The molecule has 1 N–H and O–H groups in total. The second-order valence-corrected chi connectivity index (χ2v) is 9.42. The maximum atomic E-state index is 12.0. The Bertz CT molecular complexity index is 521. The van der Waals surface area contributed by atoms with E-state index in [1.807, 2.05) is 35.0 Å². The van der Waals surface area contributed by atoms with E-state index >= 15 is 0 Å². The largest absolute Gasteiger partial charge is 0.472 e. The average Bonchev–Trinajstić information content (AvgIpc) is 2.61. The van der Waals surface area contributed by atoms with Crippen LogP contribution in [0.1, 0.15) is 58.8 Å². The number of hydrogen-bond donors (Lipinski definition) is 1. The van der Waals surface area contributed by atoms with E-state index in [1.165, 1.54) is 0 Å². The Morgan fingerprint density at radius 2 is 1.55 bits per heavy atom. The lowest BCUT2D eigenvalue weighted by atomic mass is 10.2. The normalized spacial score (nSPS) is 14.8. The third-order valence-corrected chi connectivity index (χ3v) is 4.87. The predicted octanol–water partition coefficient (Wildman–Crippen LogP) is 3.05. The number of carbonyl (C=O) groups excluding carboxylic acids is 2. The second-order valence-electron chi connectivity index (χ2n) is 7.97. The van der Waals surface area contributed by atoms with Crippen molar-refractivity contribution in [1.29, 1.82) is 0 Å². The highest BCUT2D eigenvalue weighted by Crippen LogP contribution is 2.43. The monoisotopic (exact) mass is 440 g/mol. The van der Waals surface area contributed by atoms with Gasteiger partial charge in [0.25, 0.3) is 0 Å². The minimum Gasteiger partial charge on any atom is -0.462 e. The number of ether oxygens (including phenoxy) is 2. The molecule has 0 aromatic heterocycles. The molecular formula is C19H39NO8P+. The second kappa shape index (κ2) is 14.9. The maximum absolute atomic E-state index is 12.0. The van der Waals surface area contributed by atoms with Crippen molar-refractivity contribution >= 4 is 19.8 Å². The summed E-state index contributed by atoms with van der Waals surface area (Å²) >= 11 is 0. The lowest BCUT2D eigenvalue weighted by Gasteiger charge is -2.24. The van der Waals surface area contributed by atoms with Crippen LogP contribution < -0.4 is 0 Å². The number of esters is 2. The SMILES string of the molecule is CCCCCC(=O)OC[C@H](COP(=O)(O)OCC[N+](C)(C)C)OC(=O)CCCC. The fourth-order valence-electron chi connectivity index (χ4n) is 2.10. The van der Waals surface area contributed by atoms with E-state index in [2.05, 4.69) is 0 Å². The van der Waals surface area contributed by atoms with Crippen LogP contribution in [0.2, 0.25) is 0 Å². The first-order valence-corrected chi connectivity index (χ1v) is 11.8. The van der Waals surface area contributed by atoms with Gasteiger partial charge in [-0.15, -0.1) is 0 Å². The number of carbonyl (C=O) groups is 2. The summed E-state index contributed by atoms with van der Waals surface area (Å²) in [6.07, 6.45) is 3.64. The molecule has 0 aliphatic heterocycles. The van der Waals surface area contributed by atoms with Gasteiger partial charge in [0.05, 0.1) is 27.7 Å². The Morgan fingerprint density at radius 1 is 0.931 bits per heavy atom. The van der Waals surface area contributed by atoms with Crippen LogP contribution in [-0.2, 0) is 32.7 Å². The Hall–Kier alpha value is -0.990. The minimum absolute atomic E-state index is 0.0324. The van der Waals surface area contributed by atoms with Gasteiger partial charge in [-0.25, -0.2) is 4.57 Å². The molecule has 0 radical (unpaired) electrons. The summed E-state index contributed by atoms with van der Waals surface area (Å²) < 4.78 is 32.9. The van der Waals surface area contributed by atoms with E-state index in [9.17, 15) is 19.0 Å². The molecule has 1 unspecified atom stereocenters. The molecule has 0 bridgehead atoms. The molecule has 0 heterocycles. The molecule has 172 valence electrons. The molecule has 0 saturated heterocycles. The third-order valence-electron chi connectivity index (χ3n) is 3.89. The van der Waals surface area contributed by atoms with Crippen molar-refractivity contribution < 1.29 is 42.1 Å². The summed E-state index contributed by atoms with van der Waals surface area (Å²) in [4.78, 5) is 33.5. The number of likely N-dealkylation sites (N-methyl/N-ethyl adjacent to an activating group) is 1. The highest BCUT2D eigenvalue weighted by atomic mass is 31.2. The lowest BCUT2D eigenvalue weighted by Crippen LogP contribution is -2.37. The molecule has 0 aliphatic carbocycles. The van der Waals surface area contributed by atoms with Crippen LogP contribution in [0.15, 0.2) is 0 Å². The van der Waals surface area contributed by atoms with Crippen LogP contribution in [0.5, 0.6) is 0 Å². The van der Waals surface area contributed by atoms with Gasteiger partial charge in [0, 0.05) is 12.8 Å². The maximum Gasteiger partial charge on any atom is 0.472 e. The van der Waals surface area contributed by atoms with Crippen LogP contribution in [0.25, 0.3) is 0 Å². The summed E-state index contributed by atoms with van der Waals surface area (Å²) in [7, 11) is 1.46. The Morgan fingerprint density at radius 3 is 2.14 bits per heavy atom. The smallest absolute Gasteiger partial charge is 0.462 e. The minimum atomic E-state index is -4.31. The van der Waals surface area contributed by atoms with E-state index in [0.29, 0.717) is 17.4 Å². The highest BCUT2D eigenvalue weighted by molar-refractivity contribution is 7.47. The van der Waals surface area contributed by atoms with Gasteiger partial charge in [-0.1, -0.05) is 33.1 Å². The van der Waals surface area contributed by atoms with Gasteiger partial charge >= 0.3 is 19.8 Å². The first-order chi connectivity index (χ1) is 13.5. The van der Waals surface area contributed by atoms with Crippen molar-refractivity contribution in [1.82, 2.24) is 0 Å². The molecule has 0 aliphatic rings. The predicted molar refractivity (Wildman–Crippen MR) is 109 cm³/mol. The molecule has 2 atom stereocenters. The van der Waals surface area contributed by atoms with Crippen molar-refractivity contribution in [2.75, 3.05) is 47.5 Å². The molecule has 0 spiro atoms. The van der Waals surface area contributed by atoms with Crippen LogP contribution in [0.4, 0.5) is 0 Å². The van der Waals surface area contributed by atoms with Crippen molar-refractivity contribution in [3.8, 4) is 0 Å². The summed E-state index contributed by atoms with van der Waals surface area (Å²) in [6, 6.07) is 0. The summed E-state index contributed by atoms with van der Waals surface area (Å²) in [5.41, 5.74) is 0. The molecule has 29 heavy (non-hydrogen) atoms. The van der Waals surface area contributed by atoms with E-state index in [0.717, 1.165) is 25.7 Å². The zero-order chi connectivity index (χ0) is 22.3. The zero-order valence-electron chi connectivity index (χ0n) is 18.6. The molecule has 0 aromatic rings. The fraction of sp³-hybridized carbons (Fsp3) is 0.895. The Kier molecular flexibility index (Phi) is 14.4. The first kappa shape index (κ1) is 28.0. The first-order valence-electron chi connectivity index (χ1n) is 10.3. The quantitative estimate of drug-likeness (QED) is 0.159. The van der Waals surface area contributed by atoms with Crippen molar-refractivity contribution in [2.45, 2.75) is 64.9 Å². The number of phosphoric ester groups is 1. The third kappa shape index (κ3) is 17.6. The molecule has 0 aromatic carbocycles. The highest BCUT2D eigenvalue weighted by Gasteiger charge is 2.26. The molecule has 0 amide bonds.